The lowest BCUT2D eigenvalue weighted by atomic mass is 9.92. The molecule has 0 spiro atoms. The predicted molar refractivity (Wildman–Crippen MR) is 86.4 cm³/mol. The van der Waals surface area contributed by atoms with E-state index in [2.05, 4.69) is 48.4 Å². The molecule has 0 radical (unpaired) electrons. The third kappa shape index (κ3) is 3.09. The maximum atomic E-state index is 6.08. The first-order chi connectivity index (χ1) is 10.3. The zero-order valence-electron chi connectivity index (χ0n) is 12.9. The van der Waals surface area contributed by atoms with Crippen LogP contribution in [0.2, 0.25) is 0 Å². The summed E-state index contributed by atoms with van der Waals surface area (Å²) >= 11 is 0. The summed E-state index contributed by atoms with van der Waals surface area (Å²) in [5.41, 5.74) is 3.45. The van der Waals surface area contributed by atoms with Crippen molar-refractivity contribution >= 4 is 10.9 Å². The molecule has 1 fully saturated rings. The van der Waals surface area contributed by atoms with Crippen LogP contribution in [0.3, 0.4) is 0 Å². The molecule has 2 aromatic rings. The number of para-hydroxylation sites is 1. The molecule has 21 heavy (non-hydrogen) atoms. The lowest BCUT2D eigenvalue weighted by Crippen LogP contribution is -2.25. The topological polar surface area (TPSA) is 34.1 Å². The fraction of sp³-hybridized carbons (Fsp3) is 0.500. The zero-order valence-corrected chi connectivity index (χ0v) is 12.9. The average molecular weight is 284 g/mol. The number of benzene rings is 1. The molecule has 1 saturated heterocycles. The van der Waals surface area contributed by atoms with Crippen LogP contribution in [0.15, 0.2) is 30.3 Å². The number of ether oxygens (including phenoxy) is 1. The number of hydrogen-bond acceptors (Lipinski definition) is 3. The van der Waals surface area contributed by atoms with Gasteiger partial charge >= 0.3 is 0 Å². The van der Waals surface area contributed by atoms with Crippen LogP contribution in [0.4, 0.5) is 0 Å². The number of hydrogen-bond donors (Lipinski definition) is 1. The predicted octanol–water partition coefficient (Wildman–Crippen LogP) is 3.62. The minimum Gasteiger partial charge on any atom is -0.373 e. The Kier molecular flexibility index (Phi) is 4.51. The maximum absolute atomic E-state index is 6.08. The van der Waals surface area contributed by atoms with Crippen molar-refractivity contribution in [2.45, 2.75) is 32.8 Å². The molecule has 1 aromatic heterocycles. The first kappa shape index (κ1) is 14.5. The number of nitrogens with one attached hydrogen (secondary N) is 1. The first-order valence-electron chi connectivity index (χ1n) is 7.98. The van der Waals surface area contributed by atoms with Crippen molar-refractivity contribution in [3.8, 4) is 0 Å². The molecule has 1 aliphatic heterocycles. The van der Waals surface area contributed by atoms with E-state index in [0.717, 1.165) is 37.3 Å². The van der Waals surface area contributed by atoms with Crippen LogP contribution in [-0.4, -0.2) is 24.7 Å². The summed E-state index contributed by atoms with van der Waals surface area (Å²) in [6, 6.07) is 10.6. The first-order valence-corrected chi connectivity index (χ1v) is 7.98. The molecule has 3 rings (SSSR count). The van der Waals surface area contributed by atoms with E-state index in [0.29, 0.717) is 5.92 Å². The normalized spacial score (nSPS) is 22.0. The highest BCUT2D eigenvalue weighted by Crippen LogP contribution is 2.37. The maximum Gasteiger partial charge on any atom is 0.0873 e. The van der Waals surface area contributed by atoms with E-state index in [1.807, 2.05) is 6.07 Å². The second kappa shape index (κ2) is 6.54. The number of fused-ring (bicyclic) bond motifs is 1. The second-order valence-corrected chi connectivity index (χ2v) is 5.91. The molecule has 1 aliphatic rings. The van der Waals surface area contributed by atoms with Crippen LogP contribution < -0.4 is 5.32 Å². The zero-order chi connectivity index (χ0) is 14.7. The molecule has 0 saturated carbocycles. The Morgan fingerprint density at radius 1 is 1.33 bits per heavy atom. The highest BCUT2D eigenvalue weighted by molar-refractivity contribution is 5.82. The van der Waals surface area contributed by atoms with E-state index >= 15 is 0 Å². The summed E-state index contributed by atoms with van der Waals surface area (Å²) in [6.07, 6.45) is 2.51. The summed E-state index contributed by atoms with van der Waals surface area (Å²) in [7, 11) is 0. The molecule has 3 nitrogen and oxygen atoms in total. The Morgan fingerprint density at radius 2 is 2.19 bits per heavy atom. The molecule has 1 N–H and O–H groups in total. The fourth-order valence-electron chi connectivity index (χ4n) is 3.23. The number of aryl methyl sites for hydroxylation is 1. The second-order valence-electron chi connectivity index (χ2n) is 5.91. The summed E-state index contributed by atoms with van der Waals surface area (Å²) in [5, 5.41) is 4.78. The third-order valence-corrected chi connectivity index (χ3v) is 4.23. The summed E-state index contributed by atoms with van der Waals surface area (Å²) in [6.45, 7) is 7.25. The van der Waals surface area contributed by atoms with Gasteiger partial charge in [-0.25, -0.2) is 0 Å². The summed E-state index contributed by atoms with van der Waals surface area (Å²) in [4.78, 5) is 4.64. The monoisotopic (exact) mass is 284 g/mol. The van der Waals surface area contributed by atoms with E-state index in [1.165, 1.54) is 17.4 Å². The van der Waals surface area contributed by atoms with E-state index in [1.54, 1.807) is 0 Å². The number of pyridine rings is 1. The summed E-state index contributed by atoms with van der Waals surface area (Å²) < 4.78 is 6.08. The van der Waals surface area contributed by atoms with Gasteiger partial charge in [0.15, 0.2) is 0 Å². The minimum absolute atomic E-state index is 0.195. The SMILES string of the molecule is CCCNCC1CCOC1c1cc(C)nc2ccccc12. The third-order valence-electron chi connectivity index (χ3n) is 4.23. The van der Waals surface area contributed by atoms with Gasteiger partial charge in [-0.3, -0.25) is 4.98 Å². The van der Waals surface area contributed by atoms with Gasteiger partial charge in [0, 0.05) is 30.1 Å². The van der Waals surface area contributed by atoms with Crippen molar-refractivity contribution in [3.63, 3.8) is 0 Å². The van der Waals surface area contributed by atoms with Crippen LogP contribution in [-0.2, 0) is 4.74 Å². The Balaban J connectivity index is 1.91. The molecule has 3 heteroatoms. The van der Waals surface area contributed by atoms with Crippen LogP contribution in [0.1, 0.15) is 37.1 Å². The largest absolute Gasteiger partial charge is 0.373 e. The lowest BCUT2D eigenvalue weighted by Gasteiger charge is -2.21. The van der Waals surface area contributed by atoms with Crippen molar-refractivity contribution in [1.29, 1.82) is 0 Å². The van der Waals surface area contributed by atoms with Crippen molar-refractivity contribution in [2.24, 2.45) is 5.92 Å². The van der Waals surface area contributed by atoms with Crippen molar-refractivity contribution in [1.82, 2.24) is 10.3 Å². The summed E-state index contributed by atoms with van der Waals surface area (Å²) in [5.74, 6) is 0.557. The Hall–Kier alpha value is -1.45. The average Bonchev–Trinajstić information content (AvgIpc) is 2.95. The standard InChI is InChI=1S/C18H24N2O/c1-3-9-19-12-14-8-10-21-18(14)16-11-13(2)20-17-7-5-4-6-15(16)17/h4-7,11,14,18-19H,3,8-10,12H2,1-2H3. The van der Waals surface area contributed by atoms with Crippen molar-refractivity contribution in [3.05, 3.63) is 41.6 Å². The number of rotatable bonds is 5. The smallest absolute Gasteiger partial charge is 0.0873 e. The van der Waals surface area contributed by atoms with E-state index < -0.39 is 0 Å². The van der Waals surface area contributed by atoms with E-state index in [9.17, 15) is 0 Å². The Labute approximate surface area is 126 Å². The minimum atomic E-state index is 0.195. The van der Waals surface area contributed by atoms with Gasteiger partial charge in [0.25, 0.3) is 0 Å². The Bertz CT molecular complexity index is 611. The number of aromatic nitrogens is 1. The van der Waals surface area contributed by atoms with Crippen LogP contribution in [0.25, 0.3) is 10.9 Å². The van der Waals surface area contributed by atoms with Crippen molar-refractivity contribution < 1.29 is 4.74 Å². The Morgan fingerprint density at radius 3 is 3.05 bits per heavy atom. The van der Waals surface area contributed by atoms with Crippen LogP contribution >= 0.6 is 0 Å². The molecule has 2 heterocycles. The van der Waals surface area contributed by atoms with Crippen LogP contribution in [0.5, 0.6) is 0 Å². The van der Waals surface area contributed by atoms with Gasteiger partial charge in [-0.05, 0) is 44.0 Å². The van der Waals surface area contributed by atoms with Crippen molar-refractivity contribution in [2.75, 3.05) is 19.7 Å². The molecular weight excluding hydrogens is 260 g/mol. The number of nitrogens with zero attached hydrogens (tertiary/aromatic N) is 1. The fourth-order valence-corrected chi connectivity index (χ4v) is 3.23. The van der Waals surface area contributed by atoms with Gasteiger partial charge in [0.2, 0.25) is 0 Å². The van der Waals surface area contributed by atoms with E-state index in [-0.39, 0.29) is 6.10 Å². The molecule has 0 bridgehead atoms. The highest BCUT2D eigenvalue weighted by atomic mass is 16.5. The van der Waals surface area contributed by atoms with Crippen LogP contribution in [0, 0.1) is 12.8 Å². The van der Waals surface area contributed by atoms with Gasteiger partial charge in [-0.2, -0.15) is 0 Å². The van der Waals surface area contributed by atoms with E-state index in [4.69, 9.17) is 4.74 Å². The molecule has 0 aliphatic carbocycles. The molecule has 2 unspecified atom stereocenters. The van der Waals surface area contributed by atoms with Gasteiger partial charge in [-0.1, -0.05) is 25.1 Å². The molecule has 112 valence electrons. The van der Waals surface area contributed by atoms with Gasteiger partial charge < -0.3 is 10.1 Å². The molecule has 0 amide bonds. The van der Waals surface area contributed by atoms with Gasteiger partial charge in [-0.15, -0.1) is 0 Å². The highest BCUT2D eigenvalue weighted by Gasteiger charge is 2.30. The van der Waals surface area contributed by atoms with Gasteiger partial charge in [0.05, 0.1) is 11.6 Å². The molecule has 2 atom stereocenters. The van der Waals surface area contributed by atoms with Gasteiger partial charge in [0.1, 0.15) is 0 Å². The molecule has 1 aromatic carbocycles. The molecular formula is C18H24N2O. The quantitative estimate of drug-likeness (QED) is 0.852. The lowest BCUT2D eigenvalue weighted by molar-refractivity contribution is 0.0916.